The Bertz CT molecular complexity index is 884. The Morgan fingerprint density at radius 3 is 2.61 bits per heavy atom. The molecule has 0 radical (unpaired) electrons. The lowest BCUT2D eigenvalue weighted by Crippen LogP contribution is -2.55. The van der Waals surface area contributed by atoms with E-state index in [9.17, 15) is 19.5 Å². The summed E-state index contributed by atoms with van der Waals surface area (Å²) in [4.78, 5) is 43.5. The highest BCUT2D eigenvalue weighted by molar-refractivity contribution is 5.90. The topological polar surface area (TPSA) is 145 Å². The van der Waals surface area contributed by atoms with Crippen molar-refractivity contribution in [3.63, 3.8) is 0 Å². The number of ether oxygens (including phenoxy) is 2. The normalized spacial score (nSPS) is 16.5. The first-order valence-corrected chi connectivity index (χ1v) is 10.8. The number of hydrogen-bond donors (Lipinski definition) is 4. The van der Waals surface area contributed by atoms with Gasteiger partial charge in [0.25, 0.3) is 6.02 Å². The van der Waals surface area contributed by atoms with Crippen molar-refractivity contribution in [1.82, 2.24) is 15.5 Å². The number of benzene rings is 1. The third-order valence-electron chi connectivity index (χ3n) is 5.01. The number of nitrogens with zero attached hydrogens (tertiary/aromatic N) is 3. The number of nitrogens with one attached hydrogen (secondary N) is 3. The first-order valence-electron chi connectivity index (χ1n) is 10.8. The number of carboxylic acid groups (broad SMARTS) is 1. The van der Waals surface area contributed by atoms with Gasteiger partial charge in [-0.1, -0.05) is 6.07 Å². The van der Waals surface area contributed by atoms with Crippen LogP contribution in [0.3, 0.4) is 0 Å². The molecular weight excluding hydrogens is 432 g/mol. The Labute approximate surface area is 191 Å². The van der Waals surface area contributed by atoms with Gasteiger partial charge in [0.2, 0.25) is 0 Å². The van der Waals surface area contributed by atoms with Crippen LogP contribution in [0.2, 0.25) is 0 Å². The molecule has 0 unspecified atom stereocenters. The Hall–Kier alpha value is -3.70. The first-order chi connectivity index (χ1) is 15.8. The van der Waals surface area contributed by atoms with E-state index in [0.717, 1.165) is 11.4 Å². The van der Waals surface area contributed by atoms with Gasteiger partial charge in [0.1, 0.15) is 12.6 Å². The molecule has 3 amide bonds. The highest BCUT2D eigenvalue weighted by atomic mass is 16.6. The van der Waals surface area contributed by atoms with Crippen molar-refractivity contribution in [3.05, 3.63) is 24.3 Å². The summed E-state index contributed by atoms with van der Waals surface area (Å²) in [5.41, 5.74) is 1.88. The second-order valence-corrected chi connectivity index (χ2v) is 7.86. The number of aliphatic imine (C=N–C) groups is 1. The maximum Gasteiger partial charge on any atom is 0.408 e. The number of piperazine rings is 1. The van der Waals surface area contributed by atoms with E-state index in [0.29, 0.717) is 45.4 Å². The Kier molecular flexibility index (Phi) is 8.17. The highest BCUT2D eigenvalue weighted by Crippen LogP contribution is 2.21. The summed E-state index contributed by atoms with van der Waals surface area (Å²) in [6.07, 6.45) is -1.23. The predicted molar refractivity (Wildman–Crippen MR) is 122 cm³/mol. The average molecular weight is 463 g/mol. The minimum absolute atomic E-state index is 0.249. The monoisotopic (exact) mass is 462 g/mol. The molecule has 0 bridgehead atoms. The fourth-order valence-electron chi connectivity index (χ4n) is 3.37. The molecule has 1 atom stereocenters. The number of anilines is 2. The van der Waals surface area contributed by atoms with Crippen LogP contribution in [0.1, 0.15) is 13.8 Å². The number of hydrogen-bond acceptors (Lipinski definition) is 8. The van der Waals surface area contributed by atoms with E-state index in [1.807, 2.05) is 24.3 Å². The van der Waals surface area contributed by atoms with Crippen LogP contribution in [-0.4, -0.2) is 92.1 Å². The molecule has 12 nitrogen and oxygen atoms in total. The minimum Gasteiger partial charge on any atom is -0.480 e. The van der Waals surface area contributed by atoms with E-state index in [2.05, 4.69) is 25.8 Å². The molecule has 4 N–H and O–H groups in total. The maximum absolute atomic E-state index is 12.5. The SMILES string of the molecule is CC(C)OC(=O)N[C@@H](CNC(=O)N1CCN(c2cccc(NC3=NCCO3)c2)CC1)C(=O)O. The number of carbonyl (C=O) groups is 3. The number of amides is 3. The van der Waals surface area contributed by atoms with E-state index in [1.165, 1.54) is 0 Å². The molecule has 0 saturated carbocycles. The van der Waals surface area contributed by atoms with Crippen LogP contribution in [0.25, 0.3) is 0 Å². The molecule has 33 heavy (non-hydrogen) atoms. The number of aliphatic carboxylic acids is 1. The molecule has 0 aromatic heterocycles. The highest BCUT2D eigenvalue weighted by Gasteiger charge is 2.25. The Balaban J connectivity index is 1.46. The van der Waals surface area contributed by atoms with Crippen LogP contribution in [0.15, 0.2) is 29.3 Å². The number of urea groups is 1. The van der Waals surface area contributed by atoms with Gasteiger partial charge in [-0.25, -0.2) is 19.4 Å². The molecule has 3 rings (SSSR count). The second-order valence-electron chi connectivity index (χ2n) is 7.86. The van der Waals surface area contributed by atoms with Crippen LogP contribution in [-0.2, 0) is 14.3 Å². The summed E-state index contributed by atoms with van der Waals surface area (Å²) in [5.74, 6) is -1.26. The van der Waals surface area contributed by atoms with Gasteiger partial charge in [-0.15, -0.1) is 0 Å². The Morgan fingerprint density at radius 2 is 1.97 bits per heavy atom. The zero-order valence-corrected chi connectivity index (χ0v) is 18.7. The van der Waals surface area contributed by atoms with Crippen LogP contribution >= 0.6 is 0 Å². The number of amidine groups is 1. The molecule has 180 valence electrons. The zero-order chi connectivity index (χ0) is 23.8. The van der Waals surface area contributed by atoms with E-state index in [1.54, 1.807) is 18.7 Å². The molecule has 0 spiro atoms. The van der Waals surface area contributed by atoms with E-state index < -0.39 is 18.1 Å². The molecule has 2 aliphatic rings. The van der Waals surface area contributed by atoms with Gasteiger partial charge in [0, 0.05) is 37.6 Å². The van der Waals surface area contributed by atoms with Gasteiger partial charge < -0.3 is 40.3 Å². The smallest absolute Gasteiger partial charge is 0.408 e. The average Bonchev–Trinajstić information content (AvgIpc) is 3.29. The fourth-order valence-corrected chi connectivity index (χ4v) is 3.37. The third kappa shape index (κ3) is 7.16. The van der Waals surface area contributed by atoms with Gasteiger partial charge in [-0.3, -0.25) is 0 Å². The number of carbonyl (C=O) groups excluding carboxylic acids is 2. The van der Waals surface area contributed by atoms with Gasteiger partial charge in [-0.05, 0) is 32.0 Å². The lowest BCUT2D eigenvalue weighted by molar-refractivity contribution is -0.139. The van der Waals surface area contributed by atoms with E-state index >= 15 is 0 Å². The predicted octanol–water partition coefficient (Wildman–Crippen LogP) is 0.904. The summed E-state index contributed by atoms with van der Waals surface area (Å²) in [6.45, 7) is 6.48. The third-order valence-corrected chi connectivity index (χ3v) is 5.01. The molecule has 2 aliphatic heterocycles. The molecular formula is C21H30N6O6. The molecule has 1 fully saturated rings. The number of rotatable bonds is 7. The molecule has 2 heterocycles. The van der Waals surface area contributed by atoms with Gasteiger partial charge in [-0.2, -0.15) is 0 Å². The molecule has 1 saturated heterocycles. The maximum atomic E-state index is 12.5. The standard InChI is InChI=1S/C21H30N6O6/c1-14(2)33-21(31)25-17(18(28)29)13-23-20(30)27-9-7-26(8-10-27)16-5-3-4-15(12-16)24-19-22-6-11-32-19/h3-5,12,14,17H,6-11,13H2,1-2H3,(H,22,24)(H,23,30)(H,25,31)(H,28,29)/t17-/m0/s1. The lowest BCUT2D eigenvalue weighted by atomic mass is 10.2. The lowest BCUT2D eigenvalue weighted by Gasteiger charge is -2.36. The molecule has 12 heteroatoms. The molecule has 0 aliphatic carbocycles. The summed E-state index contributed by atoms with van der Waals surface area (Å²) >= 11 is 0. The molecule has 1 aromatic carbocycles. The summed E-state index contributed by atoms with van der Waals surface area (Å²) in [5, 5.41) is 17.3. The van der Waals surface area contributed by atoms with Gasteiger partial charge in [0.05, 0.1) is 19.2 Å². The number of alkyl carbamates (subject to hydrolysis) is 1. The number of carboxylic acids is 1. The van der Waals surface area contributed by atoms with Crippen LogP contribution < -0.4 is 20.9 Å². The largest absolute Gasteiger partial charge is 0.480 e. The fraction of sp³-hybridized carbons (Fsp3) is 0.524. The van der Waals surface area contributed by atoms with Gasteiger partial charge >= 0.3 is 18.1 Å². The van der Waals surface area contributed by atoms with Crippen molar-refractivity contribution < 1.29 is 29.0 Å². The van der Waals surface area contributed by atoms with Crippen LogP contribution in [0, 0.1) is 0 Å². The van der Waals surface area contributed by atoms with Crippen molar-refractivity contribution >= 4 is 35.5 Å². The van der Waals surface area contributed by atoms with Crippen molar-refractivity contribution in [2.24, 2.45) is 4.99 Å². The van der Waals surface area contributed by atoms with Crippen molar-refractivity contribution in [2.45, 2.75) is 26.0 Å². The quantitative estimate of drug-likeness (QED) is 0.468. The van der Waals surface area contributed by atoms with E-state index in [4.69, 9.17) is 9.47 Å². The summed E-state index contributed by atoms with van der Waals surface area (Å²) in [7, 11) is 0. The van der Waals surface area contributed by atoms with Crippen molar-refractivity contribution in [2.75, 3.05) is 56.1 Å². The second kappa shape index (κ2) is 11.2. The van der Waals surface area contributed by atoms with Crippen LogP contribution in [0.4, 0.5) is 21.0 Å². The van der Waals surface area contributed by atoms with Crippen molar-refractivity contribution in [1.29, 1.82) is 0 Å². The van der Waals surface area contributed by atoms with E-state index in [-0.39, 0.29) is 18.7 Å². The van der Waals surface area contributed by atoms with Crippen molar-refractivity contribution in [3.8, 4) is 0 Å². The van der Waals surface area contributed by atoms with Gasteiger partial charge in [0.15, 0.2) is 0 Å². The molecule has 1 aromatic rings. The zero-order valence-electron chi connectivity index (χ0n) is 18.7. The first kappa shape index (κ1) is 24.0. The summed E-state index contributed by atoms with van der Waals surface area (Å²) in [6, 6.07) is 6.71. The summed E-state index contributed by atoms with van der Waals surface area (Å²) < 4.78 is 10.3. The van der Waals surface area contributed by atoms with Crippen LogP contribution in [0.5, 0.6) is 0 Å². The minimum atomic E-state index is -1.29. The Morgan fingerprint density at radius 1 is 1.21 bits per heavy atom.